The highest BCUT2D eigenvalue weighted by molar-refractivity contribution is 8.18. The number of benzene rings is 1. The Balaban J connectivity index is 2.06. The number of thioether (sulfide) groups is 1. The van der Waals surface area contributed by atoms with Crippen LogP contribution in [0.2, 0.25) is 0 Å². The van der Waals surface area contributed by atoms with E-state index in [9.17, 15) is 9.59 Å². The molecule has 1 heterocycles. The molecule has 22 heavy (non-hydrogen) atoms. The van der Waals surface area contributed by atoms with Crippen molar-refractivity contribution in [1.82, 2.24) is 5.32 Å². The number of rotatable bonds is 3. The van der Waals surface area contributed by atoms with Crippen LogP contribution in [0.25, 0.3) is 0 Å². The second kappa shape index (κ2) is 7.04. The van der Waals surface area contributed by atoms with Gasteiger partial charge in [-0.2, -0.15) is 5.10 Å². The van der Waals surface area contributed by atoms with Gasteiger partial charge in [-0.05, 0) is 42.3 Å². The van der Waals surface area contributed by atoms with E-state index in [0.29, 0.717) is 5.17 Å². The maximum Gasteiger partial charge on any atom is 0.331 e. The molecule has 0 aliphatic carbocycles. The predicted octanol–water partition coefficient (Wildman–Crippen LogP) is 1.91. The first-order valence-corrected chi connectivity index (χ1v) is 7.28. The number of aryl methyl sites for hydroxylation is 2. The lowest BCUT2D eigenvalue weighted by atomic mass is 10.1. The van der Waals surface area contributed by atoms with Gasteiger partial charge in [0, 0.05) is 6.08 Å². The lowest BCUT2D eigenvalue weighted by molar-refractivity contribution is -0.135. The van der Waals surface area contributed by atoms with E-state index in [1.54, 1.807) is 6.21 Å². The molecule has 2 rings (SSSR count). The second-order valence-electron chi connectivity index (χ2n) is 4.58. The molecule has 1 fully saturated rings. The highest BCUT2D eigenvalue weighted by atomic mass is 32.2. The number of carbonyl (C=O) groups is 2. The number of nitrogens with zero attached hydrogens (tertiary/aromatic N) is 2. The molecular weight excluding hydrogens is 302 g/mol. The first-order valence-electron chi connectivity index (χ1n) is 6.46. The molecule has 1 aromatic rings. The smallest absolute Gasteiger partial charge is 0.331 e. The van der Waals surface area contributed by atoms with E-state index in [2.05, 4.69) is 20.3 Å². The van der Waals surface area contributed by atoms with Crippen molar-refractivity contribution in [3.63, 3.8) is 0 Å². The molecule has 0 aromatic heterocycles. The largest absolute Gasteiger partial charge is 0.466 e. The van der Waals surface area contributed by atoms with E-state index < -0.39 is 11.9 Å². The Kier molecular flexibility index (Phi) is 5.11. The summed E-state index contributed by atoms with van der Waals surface area (Å²) in [5.41, 5.74) is 3.30. The Morgan fingerprint density at radius 2 is 2.09 bits per heavy atom. The number of hydrogen-bond donors (Lipinski definition) is 1. The van der Waals surface area contributed by atoms with Crippen LogP contribution in [0.4, 0.5) is 0 Å². The molecule has 0 spiro atoms. The van der Waals surface area contributed by atoms with Gasteiger partial charge >= 0.3 is 5.97 Å². The zero-order valence-electron chi connectivity index (χ0n) is 12.4. The van der Waals surface area contributed by atoms with E-state index in [0.717, 1.165) is 23.4 Å². The maximum absolute atomic E-state index is 11.6. The van der Waals surface area contributed by atoms with Crippen LogP contribution in [-0.2, 0) is 14.3 Å². The Bertz CT molecular complexity index is 708. The molecule has 0 bridgehead atoms. The van der Waals surface area contributed by atoms with Crippen molar-refractivity contribution in [1.29, 1.82) is 0 Å². The molecule has 1 saturated heterocycles. The highest BCUT2D eigenvalue weighted by Gasteiger charge is 2.24. The van der Waals surface area contributed by atoms with E-state index in [4.69, 9.17) is 0 Å². The first-order chi connectivity index (χ1) is 10.5. The average Bonchev–Trinajstić information content (AvgIpc) is 2.83. The number of ether oxygens (including phenoxy) is 1. The Labute approximate surface area is 132 Å². The minimum Gasteiger partial charge on any atom is -0.466 e. The molecule has 114 valence electrons. The molecule has 6 nitrogen and oxygen atoms in total. The Morgan fingerprint density at radius 3 is 2.77 bits per heavy atom. The van der Waals surface area contributed by atoms with Crippen LogP contribution in [0.15, 0.2) is 39.4 Å². The van der Waals surface area contributed by atoms with Gasteiger partial charge in [0.25, 0.3) is 5.91 Å². The topological polar surface area (TPSA) is 80.1 Å². The quantitative estimate of drug-likeness (QED) is 0.400. The van der Waals surface area contributed by atoms with Gasteiger partial charge in [0.2, 0.25) is 0 Å². The fourth-order valence-corrected chi connectivity index (χ4v) is 2.37. The number of methoxy groups -OCH3 is 1. The van der Waals surface area contributed by atoms with Crippen molar-refractivity contribution in [2.24, 2.45) is 10.2 Å². The zero-order chi connectivity index (χ0) is 16.1. The van der Waals surface area contributed by atoms with Crippen molar-refractivity contribution < 1.29 is 14.3 Å². The van der Waals surface area contributed by atoms with Crippen LogP contribution in [-0.4, -0.2) is 30.4 Å². The Hall–Kier alpha value is -2.41. The van der Waals surface area contributed by atoms with Crippen LogP contribution in [0, 0.1) is 13.8 Å². The molecule has 0 radical (unpaired) electrons. The van der Waals surface area contributed by atoms with Gasteiger partial charge in [-0.15, -0.1) is 5.10 Å². The summed E-state index contributed by atoms with van der Waals surface area (Å²) in [6.45, 7) is 4.06. The number of nitrogens with one attached hydrogen (secondary N) is 1. The number of amides is 1. The number of carbonyl (C=O) groups excluding carboxylic acids is 2. The van der Waals surface area contributed by atoms with Crippen LogP contribution in [0.1, 0.15) is 16.7 Å². The van der Waals surface area contributed by atoms with E-state index in [1.165, 1.54) is 18.2 Å². The predicted molar refractivity (Wildman–Crippen MR) is 86.8 cm³/mol. The fourth-order valence-electron chi connectivity index (χ4n) is 1.63. The van der Waals surface area contributed by atoms with Crippen molar-refractivity contribution in [2.45, 2.75) is 13.8 Å². The molecule has 0 unspecified atom stereocenters. The van der Waals surface area contributed by atoms with Crippen LogP contribution < -0.4 is 5.32 Å². The molecule has 1 aliphatic rings. The zero-order valence-corrected chi connectivity index (χ0v) is 13.2. The van der Waals surface area contributed by atoms with Gasteiger partial charge in [-0.3, -0.25) is 10.1 Å². The van der Waals surface area contributed by atoms with Gasteiger partial charge in [-0.1, -0.05) is 18.2 Å². The third-order valence-corrected chi connectivity index (χ3v) is 3.89. The summed E-state index contributed by atoms with van der Waals surface area (Å²) in [7, 11) is 1.25. The normalized spacial score (nSPS) is 18.2. The molecule has 1 amide bonds. The minimum absolute atomic E-state index is 0.229. The highest BCUT2D eigenvalue weighted by Crippen LogP contribution is 2.23. The van der Waals surface area contributed by atoms with Gasteiger partial charge in [0.05, 0.1) is 18.2 Å². The third-order valence-electron chi connectivity index (χ3n) is 2.99. The molecule has 1 N–H and O–H groups in total. The van der Waals surface area contributed by atoms with Crippen molar-refractivity contribution >= 4 is 35.0 Å². The lowest BCUT2D eigenvalue weighted by Gasteiger charge is -1.99. The Morgan fingerprint density at radius 1 is 1.32 bits per heavy atom. The number of hydrogen-bond acceptors (Lipinski definition) is 6. The summed E-state index contributed by atoms with van der Waals surface area (Å²) < 4.78 is 4.48. The summed E-state index contributed by atoms with van der Waals surface area (Å²) in [6, 6.07) is 5.95. The van der Waals surface area contributed by atoms with Crippen molar-refractivity contribution in [2.75, 3.05) is 7.11 Å². The van der Waals surface area contributed by atoms with Gasteiger partial charge in [0.1, 0.15) is 0 Å². The average molecular weight is 317 g/mol. The van der Waals surface area contributed by atoms with Crippen LogP contribution >= 0.6 is 11.8 Å². The van der Waals surface area contributed by atoms with E-state index >= 15 is 0 Å². The second-order valence-corrected chi connectivity index (χ2v) is 5.61. The summed E-state index contributed by atoms with van der Waals surface area (Å²) in [5, 5.41) is 10.7. The van der Waals surface area contributed by atoms with Crippen molar-refractivity contribution in [3.05, 3.63) is 45.9 Å². The molecule has 0 atom stereocenters. The first kappa shape index (κ1) is 16.0. The van der Waals surface area contributed by atoms with Gasteiger partial charge in [0.15, 0.2) is 5.17 Å². The minimum atomic E-state index is -0.586. The fraction of sp³-hybridized carbons (Fsp3) is 0.200. The lowest BCUT2D eigenvalue weighted by Crippen LogP contribution is -2.19. The molecular formula is C15H15N3O3S. The standard InChI is InChI=1S/C15H15N3O3S/c1-9-4-5-11(6-10(9)2)8-16-18-15-17-14(20)12(22-15)7-13(19)21-3/h4-8H,1-3H3,(H,17,18,20)/b12-7+,16-8?. The van der Waals surface area contributed by atoms with Crippen molar-refractivity contribution in [3.8, 4) is 0 Å². The SMILES string of the molecule is COC(=O)/C=C1/S/C(=N\N=Cc2ccc(C)c(C)c2)NC1=O. The maximum atomic E-state index is 11.6. The van der Waals surface area contributed by atoms with Gasteiger partial charge < -0.3 is 4.74 Å². The number of esters is 1. The van der Waals surface area contributed by atoms with Crippen LogP contribution in [0.3, 0.4) is 0 Å². The summed E-state index contributed by atoms with van der Waals surface area (Å²) in [6.07, 6.45) is 2.73. The number of amidine groups is 1. The van der Waals surface area contributed by atoms with E-state index in [1.807, 2.05) is 32.0 Å². The summed E-state index contributed by atoms with van der Waals surface area (Å²) >= 11 is 1.04. The molecule has 0 saturated carbocycles. The van der Waals surface area contributed by atoms with Crippen LogP contribution in [0.5, 0.6) is 0 Å². The molecule has 1 aliphatic heterocycles. The summed E-state index contributed by atoms with van der Waals surface area (Å²) in [4.78, 5) is 23.0. The third kappa shape index (κ3) is 4.05. The van der Waals surface area contributed by atoms with E-state index in [-0.39, 0.29) is 4.91 Å². The molecule has 7 heteroatoms. The molecule has 1 aromatic carbocycles. The summed E-state index contributed by atoms with van der Waals surface area (Å²) in [5.74, 6) is -0.979. The van der Waals surface area contributed by atoms with Gasteiger partial charge in [-0.25, -0.2) is 4.79 Å². The monoisotopic (exact) mass is 317 g/mol.